The molecule has 2 amide bonds. The van der Waals surface area contributed by atoms with Crippen molar-refractivity contribution in [2.24, 2.45) is 11.7 Å². The van der Waals surface area contributed by atoms with Crippen LogP contribution in [0, 0.1) is 5.92 Å². The highest BCUT2D eigenvalue weighted by Crippen LogP contribution is 2.22. The van der Waals surface area contributed by atoms with Crippen molar-refractivity contribution in [3.63, 3.8) is 0 Å². The summed E-state index contributed by atoms with van der Waals surface area (Å²) in [5, 5.41) is 0. The van der Waals surface area contributed by atoms with E-state index in [1.807, 2.05) is 0 Å². The topological polar surface area (TPSA) is 67.2 Å². The van der Waals surface area contributed by atoms with Gasteiger partial charge in [-0.15, -0.1) is 0 Å². The van der Waals surface area contributed by atoms with E-state index in [0.29, 0.717) is 12.0 Å². The Balaban J connectivity index is 2.24. The maximum Gasteiger partial charge on any atom is 0.326 e. The summed E-state index contributed by atoms with van der Waals surface area (Å²) in [6.45, 7) is 2.19. The van der Waals surface area contributed by atoms with Gasteiger partial charge in [-0.2, -0.15) is 0 Å². The van der Waals surface area contributed by atoms with Crippen molar-refractivity contribution in [3.05, 3.63) is 0 Å². The van der Waals surface area contributed by atoms with Crippen molar-refractivity contribution >= 4 is 6.03 Å². The summed E-state index contributed by atoms with van der Waals surface area (Å²) in [6, 6.07) is -0.112. The molecule has 1 rings (SSSR count). The van der Waals surface area contributed by atoms with E-state index < -0.39 is 6.03 Å². The number of nitrogens with one attached hydrogen (secondary N) is 2. The maximum atomic E-state index is 10.4. The van der Waals surface area contributed by atoms with Gasteiger partial charge in [0.1, 0.15) is 0 Å². The lowest BCUT2D eigenvalue weighted by Crippen LogP contribution is -2.50. The van der Waals surface area contributed by atoms with E-state index >= 15 is 0 Å². The minimum atomic E-state index is -0.507. The number of urea groups is 1. The Morgan fingerprint density at radius 3 is 2.67 bits per heavy atom. The number of hydrogen-bond acceptors (Lipinski definition) is 2. The van der Waals surface area contributed by atoms with Crippen molar-refractivity contribution < 1.29 is 4.79 Å². The average molecular weight is 171 g/mol. The third kappa shape index (κ3) is 2.70. The van der Waals surface area contributed by atoms with Crippen LogP contribution in [0.25, 0.3) is 0 Å². The number of amides is 2. The van der Waals surface area contributed by atoms with E-state index in [4.69, 9.17) is 5.73 Å². The highest BCUT2D eigenvalue weighted by molar-refractivity contribution is 5.70. The molecule has 1 aliphatic carbocycles. The van der Waals surface area contributed by atoms with Crippen LogP contribution < -0.4 is 16.6 Å². The minimum absolute atomic E-state index is 0.395. The molecule has 4 N–H and O–H groups in total. The van der Waals surface area contributed by atoms with E-state index in [9.17, 15) is 4.79 Å². The number of carbonyl (C=O) groups excluding carboxylic acids is 1. The Morgan fingerprint density at radius 1 is 1.42 bits per heavy atom. The van der Waals surface area contributed by atoms with Gasteiger partial charge in [-0.3, -0.25) is 5.43 Å². The summed E-state index contributed by atoms with van der Waals surface area (Å²) in [7, 11) is 0. The Hall–Kier alpha value is -0.770. The van der Waals surface area contributed by atoms with Crippen LogP contribution in [0.5, 0.6) is 0 Å². The van der Waals surface area contributed by atoms with Gasteiger partial charge >= 0.3 is 6.03 Å². The summed E-state index contributed by atoms with van der Waals surface area (Å²) < 4.78 is 0. The molecule has 0 spiro atoms. The second-order valence-electron chi connectivity index (χ2n) is 3.50. The van der Waals surface area contributed by atoms with E-state index in [2.05, 4.69) is 17.8 Å². The SMILES string of the molecule is C[C@H]1CCCC[C@@H]1NNC(N)=O. The van der Waals surface area contributed by atoms with Crippen LogP contribution >= 0.6 is 0 Å². The van der Waals surface area contributed by atoms with E-state index in [-0.39, 0.29) is 0 Å². The van der Waals surface area contributed by atoms with Gasteiger partial charge in [-0.25, -0.2) is 10.2 Å². The Morgan fingerprint density at radius 2 is 2.08 bits per heavy atom. The largest absolute Gasteiger partial charge is 0.351 e. The van der Waals surface area contributed by atoms with Gasteiger partial charge in [-0.05, 0) is 18.8 Å². The van der Waals surface area contributed by atoms with Crippen molar-refractivity contribution in [2.45, 2.75) is 38.6 Å². The fourth-order valence-electron chi connectivity index (χ4n) is 1.69. The smallest absolute Gasteiger partial charge is 0.326 e. The molecule has 0 aromatic carbocycles. The van der Waals surface area contributed by atoms with E-state index in [0.717, 1.165) is 6.42 Å². The third-order valence-corrected chi connectivity index (χ3v) is 2.49. The zero-order valence-electron chi connectivity index (χ0n) is 7.47. The third-order valence-electron chi connectivity index (χ3n) is 2.49. The summed E-state index contributed by atoms with van der Waals surface area (Å²) >= 11 is 0. The van der Waals surface area contributed by atoms with Crippen molar-refractivity contribution in [2.75, 3.05) is 0 Å². The molecule has 4 nitrogen and oxygen atoms in total. The van der Waals surface area contributed by atoms with Crippen LogP contribution in [0.4, 0.5) is 4.79 Å². The molecule has 0 heterocycles. The van der Waals surface area contributed by atoms with Gasteiger partial charge in [0, 0.05) is 6.04 Å². The molecular formula is C8H17N3O. The van der Waals surface area contributed by atoms with E-state index in [1.54, 1.807) is 0 Å². The average Bonchev–Trinajstić information content (AvgIpc) is 2.03. The first-order valence-corrected chi connectivity index (χ1v) is 4.51. The fourth-order valence-corrected chi connectivity index (χ4v) is 1.69. The summed E-state index contributed by atoms with van der Waals surface area (Å²) in [5.74, 6) is 0.630. The molecule has 0 bridgehead atoms. The second-order valence-corrected chi connectivity index (χ2v) is 3.50. The molecule has 0 aliphatic heterocycles. The minimum Gasteiger partial charge on any atom is -0.351 e. The molecule has 0 unspecified atom stereocenters. The number of hydrogen-bond donors (Lipinski definition) is 3. The molecule has 0 saturated heterocycles. The summed E-state index contributed by atoms with van der Waals surface area (Å²) in [4.78, 5) is 10.4. The van der Waals surface area contributed by atoms with Crippen LogP contribution in [0.15, 0.2) is 0 Å². The zero-order chi connectivity index (χ0) is 8.97. The molecule has 12 heavy (non-hydrogen) atoms. The van der Waals surface area contributed by atoms with Gasteiger partial charge < -0.3 is 5.73 Å². The van der Waals surface area contributed by atoms with Crippen molar-refractivity contribution in [3.8, 4) is 0 Å². The first-order chi connectivity index (χ1) is 5.70. The lowest BCUT2D eigenvalue weighted by molar-refractivity contribution is 0.226. The Bertz CT molecular complexity index is 160. The van der Waals surface area contributed by atoms with Gasteiger partial charge in [-0.1, -0.05) is 19.8 Å². The van der Waals surface area contributed by atoms with Crippen molar-refractivity contribution in [1.82, 2.24) is 10.9 Å². The van der Waals surface area contributed by atoms with Gasteiger partial charge in [0.15, 0.2) is 0 Å². The van der Waals surface area contributed by atoms with Gasteiger partial charge in [0.2, 0.25) is 0 Å². The maximum absolute atomic E-state index is 10.4. The molecule has 0 radical (unpaired) electrons. The van der Waals surface area contributed by atoms with Crippen LogP contribution in [0.1, 0.15) is 32.6 Å². The quantitative estimate of drug-likeness (QED) is 0.536. The normalized spacial score (nSPS) is 29.8. The van der Waals surface area contributed by atoms with Gasteiger partial charge in [0.05, 0.1) is 0 Å². The molecule has 70 valence electrons. The zero-order valence-corrected chi connectivity index (χ0v) is 7.47. The van der Waals surface area contributed by atoms with Crippen molar-refractivity contribution in [1.29, 1.82) is 0 Å². The lowest BCUT2D eigenvalue weighted by Gasteiger charge is -2.29. The van der Waals surface area contributed by atoms with Crippen LogP contribution in [0.2, 0.25) is 0 Å². The summed E-state index contributed by atoms with van der Waals surface area (Å²) in [5.41, 5.74) is 10.3. The molecule has 4 heteroatoms. The number of primary amides is 1. The Kier molecular flexibility index (Phi) is 3.34. The predicted molar refractivity (Wildman–Crippen MR) is 47.3 cm³/mol. The highest BCUT2D eigenvalue weighted by Gasteiger charge is 2.20. The predicted octanol–water partition coefficient (Wildman–Crippen LogP) is 0.738. The molecule has 1 fully saturated rings. The first kappa shape index (κ1) is 9.32. The van der Waals surface area contributed by atoms with Gasteiger partial charge in [0.25, 0.3) is 0 Å². The van der Waals surface area contributed by atoms with Crippen LogP contribution in [0.3, 0.4) is 0 Å². The lowest BCUT2D eigenvalue weighted by atomic mass is 9.86. The number of rotatable bonds is 2. The summed E-state index contributed by atoms with van der Waals surface area (Å²) in [6.07, 6.45) is 4.90. The second kappa shape index (κ2) is 4.30. The molecule has 1 aliphatic rings. The number of hydrazine groups is 1. The fraction of sp³-hybridized carbons (Fsp3) is 0.875. The number of carbonyl (C=O) groups is 1. The monoisotopic (exact) mass is 171 g/mol. The molecule has 1 saturated carbocycles. The number of nitrogens with two attached hydrogens (primary N) is 1. The first-order valence-electron chi connectivity index (χ1n) is 4.51. The van der Waals surface area contributed by atoms with Crippen LogP contribution in [-0.4, -0.2) is 12.1 Å². The highest BCUT2D eigenvalue weighted by atomic mass is 16.2. The van der Waals surface area contributed by atoms with E-state index in [1.165, 1.54) is 19.3 Å². The molecular weight excluding hydrogens is 154 g/mol. The molecule has 0 aromatic heterocycles. The Labute approximate surface area is 72.9 Å². The molecule has 0 aromatic rings. The molecule has 2 atom stereocenters. The standard InChI is InChI=1S/C8H17N3O/c1-6-4-2-3-5-7(6)10-11-8(9)12/h6-7,10H,2-5H2,1H3,(H3,9,11,12)/t6-,7-/m0/s1. The van der Waals surface area contributed by atoms with Crippen LogP contribution in [-0.2, 0) is 0 Å².